The highest BCUT2D eigenvalue weighted by molar-refractivity contribution is 6.25. The normalized spacial score (nSPS) is 24.9. The van der Waals surface area contributed by atoms with Gasteiger partial charge in [0.15, 0.2) is 5.60 Å². The number of nitrogens with one attached hydrogen (secondary N) is 1. The fraction of sp³-hybridized carbons (Fsp3) is 0.467. The van der Waals surface area contributed by atoms with Gasteiger partial charge in [-0.05, 0) is 50.9 Å². The number of aromatic hydroxyl groups is 1. The molecule has 12 nitrogen and oxygen atoms in total. The van der Waals surface area contributed by atoms with E-state index in [1.807, 2.05) is 6.92 Å². The number of rotatable bonds is 6. The van der Waals surface area contributed by atoms with E-state index < -0.39 is 64.0 Å². The quantitative estimate of drug-likeness (QED) is 0.161. The number of aliphatic hydroxyl groups excluding tert-OH is 2. The molecule has 0 spiro atoms. The van der Waals surface area contributed by atoms with Crippen molar-refractivity contribution >= 4 is 34.8 Å². The second-order valence-corrected chi connectivity index (χ2v) is 11.3. The molecule has 224 valence electrons. The lowest BCUT2D eigenvalue weighted by atomic mass is 9.57. The Hall–Kier alpha value is -4.34. The molecule has 0 radical (unpaired) electrons. The predicted octanol–water partition coefficient (Wildman–Crippen LogP) is 1.18. The van der Waals surface area contributed by atoms with Gasteiger partial charge in [-0.15, -0.1) is 0 Å². The molecule has 0 aromatic heterocycles. The summed E-state index contributed by atoms with van der Waals surface area (Å²) in [7, 11) is 6.74. The Morgan fingerprint density at radius 1 is 1.21 bits per heavy atom. The highest BCUT2D eigenvalue weighted by Crippen LogP contribution is 2.54. The van der Waals surface area contributed by atoms with E-state index in [0.29, 0.717) is 17.7 Å². The molecule has 0 heterocycles. The average molecular weight is 581 g/mol. The summed E-state index contributed by atoms with van der Waals surface area (Å²) in [5.74, 6) is -1.89. The van der Waals surface area contributed by atoms with Crippen molar-refractivity contribution in [1.82, 2.24) is 4.90 Å². The minimum absolute atomic E-state index is 0.00730. The summed E-state index contributed by atoms with van der Waals surface area (Å²) >= 11 is 0. The number of amides is 1. The van der Waals surface area contributed by atoms with E-state index in [1.165, 1.54) is 0 Å². The summed E-state index contributed by atoms with van der Waals surface area (Å²) < 4.78 is 5.05. The van der Waals surface area contributed by atoms with Crippen LogP contribution in [0.5, 0.6) is 5.75 Å². The van der Waals surface area contributed by atoms with Crippen LogP contribution >= 0.6 is 0 Å². The number of carbonyl (C=O) groups is 3. The molecule has 42 heavy (non-hydrogen) atoms. The Labute approximate surface area is 243 Å². The van der Waals surface area contributed by atoms with Crippen LogP contribution in [-0.2, 0) is 25.5 Å². The number of Topliss-reactive ketones (excluding diaryl/α,β-unsaturated/α-hetero) is 1. The molecule has 4 rings (SSSR count). The number of esters is 1. The molecular weight excluding hydrogens is 544 g/mol. The second-order valence-electron chi connectivity index (χ2n) is 11.3. The molecular formula is C30H36N4O8. The standard InChI is InChI=1S/C30H36N4O8/c1-6-7-10-42-19(35)9-8-14-13-18(33(2)3)16-11-15-12-17-24(34(4)5)23(31)22(29(32)40)28(39)30(17,41)27(38)20(15)26(37)21(16)25(14)36/h13,15,17,24,31,36-37,39,41H,6-7,10-12H2,1-5H3,(H2,32,40)/t15-,17-,24-,30-/m0/s1. The minimum atomic E-state index is -2.65. The van der Waals surface area contributed by atoms with Crippen LogP contribution in [0.25, 0.3) is 5.76 Å². The lowest BCUT2D eigenvalue weighted by molar-refractivity contribution is -0.146. The zero-order valence-corrected chi connectivity index (χ0v) is 24.2. The van der Waals surface area contributed by atoms with Crippen LogP contribution in [0.15, 0.2) is 23.0 Å². The van der Waals surface area contributed by atoms with Gasteiger partial charge in [-0.3, -0.25) is 9.59 Å². The third-order valence-corrected chi connectivity index (χ3v) is 8.26. The fourth-order valence-corrected chi connectivity index (χ4v) is 6.31. The van der Waals surface area contributed by atoms with E-state index in [4.69, 9.17) is 15.9 Å². The molecule has 1 amide bonds. The number of carbonyl (C=O) groups excluding carboxylic acids is 3. The second kappa shape index (κ2) is 11.2. The molecule has 1 saturated carbocycles. The Kier molecular flexibility index (Phi) is 8.13. The Balaban J connectivity index is 1.91. The number of phenols is 1. The molecule has 0 bridgehead atoms. The van der Waals surface area contributed by atoms with Crippen molar-refractivity contribution in [3.8, 4) is 17.6 Å². The average Bonchev–Trinajstić information content (AvgIpc) is 2.89. The maximum absolute atomic E-state index is 14.1. The van der Waals surface area contributed by atoms with Crippen molar-refractivity contribution in [3.63, 3.8) is 0 Å². The summed E-state index contributed by atoms with van der Waals surface area (Å²) in [6.45, 7) is 2.15. The third-order valence-electron chi connectivity index (χ3n) is 8.26. The minimum Gasteiger partial charge on any atom is -0.508 e. The monoisotopic (exact) mass is 580 g/mol. The van der Waals surface area contributed by atoms with Gasteiger partial charge in [0.25, 0.3) is 5.91 Å². The number of nitrogens with two attached hydrogens (primary N) is 1. The van der Waals surface area contributed by atoms with Gasteiger partial charge in [0.1, 0.15) is 22.8 Å². The first-order valence-corrected chi connectivity index (χ1v) is 13.6. The number of fused-ring (bicyclic) bond motifs is 3. The molecule has 3 aliphatic carbocycles. The molecule has 0 saturated heterocycles. The van der Waals surface area contributed by atoms with Gasteiger partial charge < -0.3 is 46.1 Å². The number of unbranched alkanes of at least 4 members (excludes halogenated alkanes) is 1. The van der Waals surface area contributed by atoms with Gasteiger partial charge >= 0.3 is 5.97 Å². The summed E-state index contributed by atoms with van der Waals surface area (Å²) in [6, 6.07) is 0.630. The van der Waals surface area contributed by atoms with Crippen LogP contribution in [-0.4, -0.2) is 95.1 Å². The van der Waals surface area contributed by atoms with Crippen LogP contribution in [0.4, 0.5) is 5.69 Å². The van der Waals surface area contributed by atoms with Crippen molar-refractivity contribution < 1.29 is 39.5 Å². The predicted molar refractivity (Wildman–Crippen MR) is 154 cm³/mol. The molecule has 0 aliphatic heterocycles. The van der Waals surface area contributed by atoms with Crippen molar-refractivity contribution in [2.24, 2.45) is 17.6 Å². The highest BCUT2D eigenvalue weighted by Gasteiger charge is 2.63. The van der Waals surface area contributed by atoms with Gasteiger partial charge in [0.2, 0.25) is 5.78 Å². The molecule has 1 aromatic carbocycles. The topological polar surface area (TPSA) is 198 Å². The van der Waals surface area contributed by atoms with Crippen LogP contribution in [0, 0.1) is 29.1 Å². The van der Waals surface area contributed by atoms with Gasteiger partial charge in [-0.25, -0.2) is 4.79 Å². The lowest BCUT2D eigenvalue weighted by Gasteiger charge is -2.51. The van der Waals surface area contributed by atoms with Crippen molar-refractivity contribution in [2.75, 3.05) is 39.7 Å². The SMILES string of the molecule is CCCCOC(=O)C#Cc1cc(N(C)C)c2c(c1O)C(O)=C1C(=O)[C@]3(O)C(O)=C(C(N)=O)C(=N)[C@@H](N(C)C)[C@@H]3C[C@@H]1C2. The van der Waals surface area contributed by atoms with Crippen molar-refractivity contribution in [2.45, 2.75) is 44.2 Å². The van der Waals surface area contributed by atoms with E-state index in [9.17, 15) is 34.8 Å². The third kappa shape index (κ3) is 4.68. The number of hydrogen-bond acceptors (Lipinski definition) is 11. The van der Waals surface area contributed by atoms with Crippen molar-refractivity contribution in [3.05, 3.63) is 39.7 Å². The number of benzene rings is 1. The largest absolute Gasteiger partial charge is 0.508 e. The maximum atomic E-state index is 14.1. The number of hydrogen-bond donors (Lipinski definition) is 6. The first kappa shape index (κ1) is 30.6. The van der Waals surface area contributed by atoms with Gasteiger partial charge in [0.05, 0.1) is 29.5 Å². The Morgan fingerprint density at radius 2 is 1.88 bits per heavy atom. The van der Waals surface area contributed by atoms with E-state index in [1.54, 1.807) is 44.1 Å². The summed E-state index contributed by atoms with van der Waals surface area (Å²) in [6.07, 6.45) is 1.73. The smallest absolute Gasteiger partial charge is 0.384 e. The number of nitrogens with zero attached hydrogens (tertiary/aromatic N) is 2. The summed E-state index contributed by atoms with van der Waals surface area (Å²) in [4.78, 5) is 41.7. The fourth-order valence-electron chi connectivity index (χ4n) is 6.31. The maximum Gasteiger partial charge on any atom is 0.384 e. The van der Waals surface area contributed by atoms with Crippen LogP contribution in [0.3, 0.4) is 0 Å². The van der Waals surface area contributed by atoms with Crippen LogP contribution in [0.1, 0.15) is 42.9 Å². The first-order valence-electron chi connectivity index (χ1n) is 13.6. The summed E-state index contributed by atoms with van der Waals surface area (Å²) in [5, 5.41) is 54.2. The lowest BCUT2D eigenvalue weighted by Crippen LogP contribution is -2.65. The van der Waals surface area contributed by atoms with E-state index in [-0.39, 0.29) is 41.9 Å². The molecule has 7 N–H and O–H groups in total. The number of aliphatic hydroxyl groups is 3. The molecule has 1 aromatic rings. The van der Waals surface area contributed by atoms with Crippen LogP contribution in [0.2, 0.25) is 0 Å². The van der Waals surface area contributed by atoms with Gasteiger partial charge in [0, 0.05) is 37.2 Å². The van der Waals surface area contributed by atoms with E-state index in [0.717, 1.165) is 6.42 Å². The number of phenolic OH excluding ortho intramolecular Hbond substituents is 1. The summed E-state index contributed by atoms with van der Waals surface area (Å²) in [5.41, 5.74) is 2.60. The number of ether oxygens (including phenoxy) is 1. The van der Waals surface area contributed by atoms with Crippen LogP contribution < -0.4 is 10.6 Å². The molecule has 0 unspecified atom stereocenters. The zero-order valence-electron chi connectivity index (χ0n) is 24.2. The Morgan fingerprint density at radius 3 is 2.45 bits per heavy atom. The number of ketones is 1. The Bertz CT molecular complexity index is 1510. The molecule has 1 fully saturated rings. The highest BCUT2D eigenvalue weighted by atomic mass is 16.5. The first-order chi connectivity index (χ1) is 19.7. The van der Waals surface area contributed by atoms with Gasteiger partial charge in [-0.1, -0.05) is 19.3 Å². The molecule has 12 heteroatoms. The molecule has 3 aliphatic rings. The van der Waals surface area contributed by atoms with E-state index in [2.05, 4.69) is 11.8 Å². The van der Waals surface area contributed by atoms with E-state index >= 15 is 0 Å². The number of anilines is 1. The molecule has 4 atom stereocenters. The van der Waals surface area contributed by atoms with Gasteiger partial charge in [-0.2, -0.15) is 0 Å². The number of primary amides is 1. The zero-order chi connectivity index (χ0) is 31.3. The van der Waals surface area contributed by atoms with Crippen molar-refractivity contribution in [1.29, 1.82) is 5.41 Å².